The van der Waals surface area contributed by atoms with Crippen molar-refractivity contribution in [3.05, 3.63) is 30.1 Å². The van der Waals surface area contributed by atoms with Crippen LogP contribution in [0, 0.1) is 11.7 Å². The number of nitrogens with zero attached hydrogens (tertiary/aromatic N) is 1. The molecule has 1 aliphatic heterocycles. The van der Waals surface area contributed by atoms with Crippen molar-refractivity contribution < 1.29 is 9.18 Å². The second-order valence-corrected chi connectivity index (χ2v) is 5.00. The van der Waals surface area contributed by atoms with Gasteiger partial charge in [-0.3, -0.25) is 4.79 Å². The number of halogens is 1. The van der Waals surface area contributed by atoms with Gasteiger partial charge in [0.2, 0.25) is 5.91 Å². The Morgan fingerprint density at radius 2 is 2.05 bits per heavy atom. The maximum absolute atomic E-state index is 13.7. The van der Waals surface area contributed by atoms with Crippen LogP contribution in [0.2, 0.25) is 0 Å². The van der Waals surface area contributed by atoms with Crippen molar-refractivity contribution in [1.29, 1.82) is 0 Å². The first-order valence-corrected chi connectivity index (χ1v) is 6.99. The minimum atomic E-state index is -0.184. The van der Waals surface area contributed by atoms with E-state index in [1.807, 2.05) is 17.9 Å². The Bertz CT molecular complexity index is 428. The summed E-state index contributed by atoms with van der Waals surface area (Å²) in [6.07, 6.45) is 2.55. The summed E-state index contributed by atoms with van der Waals surface area (Å²) in [5.41, 5.74) is 0.648. The lowest BCUT2D eigenvalue weighted by Crippen LogP contribution is -2.41. The van der Waals surface area contributed by atoms with E-state index in [0.717, 1.165) is 38.9 Å². The second kappa shape index (κ2) is 6.55. The van der Waals surface area contributed by atoms with Gasteiger partial charge in [-0.2, -0.15) is 0 Å². The molecule has 0 atom stereocenters. The summed E-state index contributed by atoms with van der Waals surface area (Å²) >= 11 is 0. The number of carbonyl (C=O) groups is 1. The van der Waals surface area contributed by atoms with Crippen molar-refractivity contribution in [2.24, 2.45) is 5.92 Å². The summed E-state index contributed by atoms with van der Waals surface area (Å²) < 4.78 is 13.7. The molecule has 1 N–H and O–H groups in total. The highest BCUT2D eigenvalue weighted by atomic mass is 19.1. The molecule has 1 heterocycles. The minimum Gasteiger partial charge on any atom is -0.369 e. The molecule has 0 saturated carbocycles. The van der Waals surface area contributed by atoms with Crippen molar-refractivity contribution in [3.8, 4) is 0 Å². The molecule has 1 saturated heterocycles. The van der Waals surface area contributed by atoms with Gasteiger partial charge in [0.25, 0.3) is 0 Å². The van der Waals surface area contributed by atoms with Gasteiger partial charge in [-0.05, 0) is 31.4 Å². The molecule has 1 aliphatic rings. The Morgan fingerprint density at radius 3 is 2.68 bits per heavy atom. The van der Waals surface area contributed by atoms with E-state index in [-0.39, 0.29) is 17.6 Å². The molecule has 19 heavy (non-hydrogen) atoms. The first-order valence-electron chi connectivity index (χ1n) is 6.99. The second-order valence-electron chi connectivity index (χ2n) is 5.00. The molecule has 0 spiro atoms. The number of hydrogen-bond donors (Lipinski definition) is 1. The van der Waals surface area contributed by atoms with Crippen LogP contribution in [0.15, 0.2) is 24.3 Å². The van der Waals surface area contributed by atoms with Gasteiger partial charge in [-0.1, -0.05) is 19.1 Å². The number of carbonyl (C=O) groups excluding carboxylic acids is 1. The first-order chi connectivity index (χ1) is 9.22. The zero-order valence-corrected chi connectivity index (χ0v) is 11.4. The number of piperidine rings is 1. The Morgan fingerprint density at radius 1 is 1.37 bits per heavy atom. The van der Waals surface area contributed by atoms with Gasteiger partial charge in [-0.25, -0.2) is 4.39 Å². The van der Waals surface area contributed by atoms with E-state index < -0.39 is 0 Å². The SMILES string of the molecule is CCCNC(=O)C1CCN(c2ccccc2F)CC1. The number of hydrogen-bond acceptors (Lipinski definition) is 2. The summed E-state index contributed by atoms with van der Waals surface area (Å²) in [5.74, 6) is 0.0426. The maximum atomic E-state index is 13.7. The summed E-state index contributed by atoms with van der Waals surface area (Å²) in [6.45, 7) is 4.27. The number of amides is 1. The largest absolute Gasteiger partial charge is 0.369 e. The normalized spacial score (nSPS) is 16.4. The average molecular weight is 264 g/mol. The molecule has 1 aromatic carbocycles. The lowest BCUT2D eigenvalue weighted by Gasteiger charge is -2.33. The molecule has 0 bridgehead atoms. The molecule has 0 aromatic heterocycles. The Hall–Kier alpha value is -1.58. The van der Waals surface area contributed by atoms with Gasteiger partial charge in [0, 0.05) is 25.6 Å². The predicted molar refractivity (Wildman–Crippen MR) is 74.6 cm³/mol. The molecule has 4 heteroatoms. The fourth-order valence-electron chi connectivity index (χ4n) is 2.48. The van der Waals surface area contributed by atoms with Gasteiger partial charge < -0.3 is 10.2 Å². The first kappa shape index (κ1) is 13.8. The predicted octanol–water partition coefficient (Wildman–Crippen LogP) is 2.57. The Labute approximate surface area is 113 Å². The molecule has 1 amide bonds. The summed E-state index contributed by atoms with van der Waals surface area (Å²) in [5, 5.41) is 2.94. The average Bonchev–Trinajstić information content (AvgIpc) is 2.45. The monoisotopic (exact) mass is 264 g/mol. The molecule has 1 aromatic rings. The van der Waals surface area contributed by atoms with Gasteiger partial charge in [0.15, 0.2) is 0 Å². The van der Waals surface area contributed by atoms with Crippen molar-refractivity contribution in [3.63, 3.8) is 0 Å². The van der Waals surface area contributed by atoms with Crippen molar-refractivity contribution in [2.75, 3.05) is 24.5 Å². The fraction of sp³-hybridized carbons (Fsp3) is 0.533. The van der Waals surface area contributed by atoms with E-state index in [0.29, 0.717) is 5.69 Å². The summed E-state index contributed by atoms with van der Waals surface area (Å²) in [7, 11) is 0. The molecule has 1 fully saturated rings. The number of para-hydroxylation sites is 1. The molecule has 0 unspecified atom stereocenters. The van der Waals surface area contributed by atoms with Crippen LogP contribution in [0.1, 0.15) is 26.2 Å². The molecular formula is C15H21FN2O. The summed E-state index contributed by atoms with van der Waals surface area (Å²) in [6, 6.07) is 6.82. The third-order valence-corrected chi connectivity index (χ3v) is 3.61. The molecule has 3 nitrogen and oxygen atoms in total. The number of benzene rings is 1. The van der Waals surface area contributed by atoms with Crippen LogP contribution in [0.25, 0.3) is 0 Å². The van der Waals surface area contributed by atoms with E-state index in [9.17, 15) is 9.18 Å². The maximum Gasteiger partial charge on any atom is 0.223 e. The van der Waals surface area contributed by atoms with Crippen LogP contribution in [-0.2, 0) is 4.79 Å². The highest BCUT2D eigenvalue weighted by molar-refractivity contribution is 5.78. The van der Waals surface area contributed by atoms with Crippen molar-refractivity contribution in [1.82, 2.24) is 5.32 Å². The third kappa shape index (κ3) is 3.46. The minimum absolute atomic E-state index is 0.0783. The molecular weight excluding hydrogens is 243 g/mol. The molecule has 0 radical (unpaired) electrons. The Balaban J connectivity index is 1.89. The molecule has 2 rings (SSSR count). The number of nitrogens with one attached hydrogen (secondary N) is 1. The van der Waals surface area contributed by atoms with Crippen LogP contribution in [-0.4, -0.2) is 25.5 Å². The number of rotatable bonds is 4. The lowest BCUT2D eigenvalue weighted by molar-refractivity contribution is -0.125. The lowest BCUT2D eigenvalue weighted by atomic mass is 9.95. The summed E-state index contributed by atoms with van der Waals surface area (Å²) in [4.78, 5) is 13.9. The molecule has 0 aliphatic carbocycles. The molecule has 104 valence electrons. The van der Waals surface area contributed by atoms with E-state index in [4.69, 9.17) is 0 Å². The van der Waals surface area contributed by atoms with Crippen LogP contribution in [0.3, 0.4) is 0 Å². The zero-order valence-electron chi connectivity index (χ0n) is 11.4. The van der Waals surface area contributed by atoms with Gasteiger partial charge >= 0.3 is 0 Å². The van der Waals surface area contributed by atoms with Crippen LogP contribution in [0.5, 0.6) is 0 Å². The number of anilines is 1. The highest BCUT2D eigenvalue weighted by Crippen LogP contribution is 2.25. The van der Waals surface area contributed by atoms with Crippen LogP contribution in [0.4, 0.5) is 10.1 Å². The van der Waals surface area contributed by atoms with E-state index in [1.165, 1.54) is 6.07 Å². The fourth-order valence-corrected chi connectivity index (χ4v) is 2.48. The van der Waals surface area contributed by atoms with Gasteiger partial charge in [-0.15, -0.1) is 0 Å². The quantitative estimate of drug-likeness (QED) is 0.906. The Kier molecular flexibility index (Phi) is 4.77. The van der Waals surface area contributed by atoms with Crippen LogP contribution >= 0.6 is 0 Å². The topological polar surface area (TPSA) is 32.3 Å². The van der Waals surface area contributed by atoms with Crippen molar-refractivity contribution in [2.45, 2.75) is 26.2 Å². The van der Waals surface area contributed by atoms with E-state index in [1.54, 1.807) is 12.1 Å². The van der Waals surface area contributed by atoms with Crippen LogP contribution < -0.4 is 10.2 Å². The highest BCUT2D eigenvalue weighted by Gasteiger charge is 2.25. The third-order valence-electron chi connectivity index (χ3n) is 3.61. The smallest absolute Gasteiger partial charge is 0.223 e. The zero-order chi connectivity index (χ0) is 13.7. The van der Waals surface area contributed by atoms with Gasteiger partial charge in [0.05, 0.1) is 5.69 Å². The van der Waals surface area contributed by atoms with E-state index >= 15 is 0 Å². The standard InChI is InChI=1S/C15H21FN2O/c1-2-9-17-15(19)12-7-10-18(11-8-12)14-6-4-3-5-13(14)16/h3-6,12H,2,7-11H2,1H3,(H,17,19). The van der Waals surface area contributed by atoms with Crippen molar-refractivity contribution >= 4 is 11.6 Å². The van der Waals surface area contributed by atoms with E-state index in [2.05, 4.69) is 5.32 Å². The van der Waals surface area contributed by atoms with Gasteiger partial charge in [0.1, 0.15) is 5.82 Å².